The van der Waals surface area contributed by atoms with Gasteiger partial charge in [0, 0.05) is 6.42 Å². The van der Waals surface area contributed by atoms with Gasteiger partial charge < -0.3 is 9.84 Å². The van der Waals surface area contributed by atoms with Gasteiger partial charge in [0.2, 0.25) is 0 Å². The number of aromatic hydroxyl groups is 1. The van der Waals surface area contributed by atoms with Gasteiger partial charge in [0.05, 0.1) is 6.61 Å². The van der Waals surface area contributed by atoms with Crippen LogP contribution in [0.4, 0.5) is 8.78 Å². The first kappa shape index (κ1) is 12.4. The first-order valence-corrected chi connectivity index (χ1v) is 4.91. The third-order valence-corrected chi connectivity index (χ3v) is 2.04. The van der Waals surface area contributed by atoms with Gasteiger partial charge in [-0.15, -0.1) is 0 Å². The molecule has 3 nitrogen and oxygen atoms in total. The molecule has 0 atom stereocenters. The first-order chi connectivity index (χ1) is 7.54. The van der Waals surface area contributed by atoms with Crippen LogP contribution >= 0.6 is 0 Å². The summed E-state index contributed by atoms with van der Waals surface area (Å²) in [6.45, 7) is 2.16. The third kappa shape index (κ3) is 3.18. The molecule has 0 amide bonds. The first-order valence-electron chi connectivity index (χ1n) is 4.91. The molecule has 0 radical (unpaired) electrons. The zero-order chi connectivity index (χ0) is 12.1. The molecule has 0 fully saturated rings. The molecule has 0 saturated carbocycles. The highest BCUT2D eigenvalue weighted by atomic mass is 19.1. The number of benzene rings is 1. The quantitative estimate of drug-likeness (QED) is 0.616. The molecular weight excluding hydrogens is 216 g/mol. The molecule has 0 heterocycles. The molecule has 1 aromatic rings. The van der Waals surface area contributed by atoms with Gasteiger partial charge in [-0.05, 0) is 31.0 Å². The van der Waals surface area contributed by atoms with E-state index in [2.05, 4.69) is 0 Å². The third-order valence-electron chi connectivity index (χ3n) is 2.04. The van der Waals surface area contributed by atoms with Crippen LogP contribution in [0.25, 0.3) is 0 Å². The van der Waals surface area contributed by atoms with Crippen LogP contribution in [0.3, 0.4) is 0 Å². The summed E-state index contributed by atoms with van der Waals surface area (Å²) in [6.07, 6.45) is 0.574. The molecule has 0 bridgehead atoms. The molecule has 0 aliphatic rings. The normalized spacial score (nSPS) is 10.2. The largest absolute Gasteiger partial charge is 0.503 e. The van der Waals surface area contributed by atoms with Crippen molar-refractivity contribution in [1.82, 2.24) is 0 Å². The lowest BCUT2D eigenvalue weighted by molar-refractivity contribution is 0.314. The minimum Gasteiger partial charge on any atom is -0.503 e. The molecule has 2 N–H and O–H groups in total. The SMILES string of the molecule is CCOC(=N)CCc1cc(F)c(O)c(F)c1. The van der Waals surface area contributed by atoms with Crippen molar-refractivity contribution in [2.24, 2.45) is 0 Å². The molecule has 0 aromatic heterocycles. The number of rotatable bonds is 4. The number of aryl methyl sites for hydroxylation is 1. The number of nitrogens with one attached hydrogen (secondary N) is 1. The Morgan fingerprint density at radius 3 is 2.44 bits per heavy atom. The molecule has 1 aromatic carbocycles. The van der Waals surface area contributed by atoms with E-state index in [1.165, 1.54) is 0 Å². The molecule has 0 aliphatic heterocycles. The molecule has 0 unspecified atom stereocenters. The van der Waals surface area contributed by atoms with Crippen LogP contribution in [0.5, 0.6) is 5.75 Å². The summed E-state index contributed by atoms with van der Waals surface area (Å²) in [5.41, 5.74) is 0.386. The second kappa shape index (κ2) is 5.44. The highest BCUT2D eigenvalue weighted by molar-refractivity contribution is 5.72. The number of phenols is 1. The monoisotopic (exact) mass is 229 g/mol. The summed E-state index contributed by atoms with van der Waals surface area (Å²) < 4.78 is 30.8. The summed E-state index contributed by atoms with van der Waals surface area (Å²) in [5, 5.41) is 16.2. The molecule has 0 spiro atoms. The minimum atomic E-state index is -0.988. The van der Waals surface area contributed by atoms with Gasteiger partial charge in [-0.25, -0.2) is 8.78 Å². The van der Waals surface area contributed by atoms with Gasteiger partial charge in [0.1, 0.15) is 0 Å². The lowest BCUT2D eigenvalue weighted by Gasteiger charge is -2.06. The predicted molar refractivity (Wildman–Crippen MR) is 55.7 cm³/mol. The van der Waals surface area contributed by atoms with Gasteiger partial charge in [-0.3, -0.25) is 5.41 Å². The van der Waals surface area contributed by atoms with Crippen molar-refractivity contribution in [2.45, 2.75) is 19.8 Å². The van der Waals surface area contributed by atoms with E-state index < -0.39 is 17.4 Å². The van der Waals surface area contributed by atoms with Crippen molar-refractivity contribution in [3.05, 3.63) is 29.3 Å². The summed E-state index contributed by atoms with van der Waals surface area (Å²) >= 11 is 0. The Labute approximate surface area is 92.2 Å². The topological polar surface area (TPSA) is 53.3 Å². The summed E-state index contributed by atoms with van der Waals surface area (Å²) in [5.74, 6) is -2.86. The number of phenolic OH excluding ortho intramolecular Hbond substituents is 1. The highest BCUT2D eigenvalue weighted by Crippen LogP contribution is 2.22. The Morgan fingerprint density at radius 1 is 1.38 bits per heavy atom. The van der Waals surface area contributed by atoms with Gasteiger partial charge in [-0.1, -0.05) is 0 Å². The van der Waals surface area contributed by atoms with Crippen LogP contribution in [-0.2, 0) is 11.2 Å². The number of halogens is 2. The number of hydrogen-bond acceptors (Lipinski definition) is 3. The minimum absolute atomic E-state index is 0.0800. The van der Waals surface area contributed by atoms with E-state index in [1.807, 2.05) is 0 Å². The van der Waals surface area contributed by atoms with Crippen LogP contribution in [0, 0.1) is 17.0 Å². The van der Waals surface area contributed by atoms with Gasteiger partial charge in [0.15, 0.2) is 23.3 Å². The van der Waals surface area contributed by atoms with Crippen LogP contribution in [0.1, 0.15) is 18.9 Å². The van der Waals surface area contributed by atoms with Gasteiger partial charge >= 0.3 is 0 Å². The average Bonchev–Trinajstić information content (AvgIpc) is 2.23. The summed E-state index contributed by atoms with van der Waals surface area (Å²) in [7, 11) is 0. The Balaban J connectivity index is 2.65. The van der Waals surface area contributed by atoms with E-state index in [0.29, 0.717) is 18.6 Å². The Hall–Kier alpha value is -1.65. The fraction of sp³-hybridized carbons (Fsp3) is 0.364. The van der Waals surface area contributed by atoms with Gasteiger partial charge in [0.25, 0.3) is 0 Å². The fourth-order valence-corrected chi connectivity index (χ4v) is 1.27. The Morgan fingerprint density at radius 2 is 1.94 bits per heavy atom. The van der Waals surface area contributed by atoms with E-state index in [-0.39, 0.29) is 12.3 Å². The highest BCUT2D eigenvalue weighted by Gasteiger charge is 2.10. The zero-order valence-corrected chi connectivity index (χ0v) is 8.89. The van der Waals surface area contributed by atoms with Crippen LogP contribution < -0.4 is 0 Å². The number of hydrogen-bond donors (Lipinski definition) is 2. The molecular formula is C11H13F2NO2. The maximum absolute atomic E-state index is 12.9. The fourth-order valence-electron chi connectivity index (χ4n) is 1.27. The van der Waals surface area contributed by atoms with Crippen LogP contribution in [0.2, 0.25) is 0 Å². The van der Waals surface area contributed by atoms with E-state index in [9.17, 15) is 8.78 Å². The van der Waals surface area contributed by atoms with E-state index in [0.717, 1.165) is 12.1 Å². The smallest absolute Gasteiger partial charge is 0.187 e. The Bertz CT molecular complexity index is 371. The maximum Gasteiger partial charge on any atom is 0.187 e. The van der Waals surface area contributed by atoms with Gasteiger partial charge in [-0.2, -0.15) is 0 Å². The van der Waals surface area contributed by atoms with E-state index >= 15 is 0 Å². The van der Waals surface area contributed by atoms with Crippen molar-refractivity contribution >= 4 is 5.90 Å². The lowest BCUT2D eigenvalue weighted by atomic mass is 10.1. The van der Waals surface area contributed by atoms with Crippen molar-refractivity contribution in [2.75, 3.05) is 6.61 Å². The lowest BCUT2D eigenvalue weighted by Crippen LogP contribution is -2.04. The van der Waals surface area contributed by atoms with Crippen LogP contribution in [0.15, 0.2) is 12.1 Å². The predicted octanol–water partition coefficient (Wildman–Crippen LogP) is 2.62. The second-order valence-corrected chi connectivity index (χ2v) is 3.26. The van der Waals surface area contributed by atoms with Crippen LogP contribution in [-0.4, -0.2) is 17.6 Å². The second-order valence-electron chi connectivity index (χ2n) is 3.26. The van der Waals surface area contributed by atoms with Crippen molar-refractivity contribution in [3.63, 3.8) is 0 Å². The van der Waals surface area contributed by atoms with Crippen molar-refractivity contribution in [3.8, 4) is 5.75 Å². The maximum atomic E-state index is 12.9. The average molecular weight is 229 g/mol. The van der Waals surface area contributed by atoms with Crippen molar-refractivity contribution in [1.29, 1.82) is 5.41 Å². The van der Waals surface area contributed by atoms with E-state index in [4.69, 9.17) is 15.3 Å². The Kier molecular flexibility index (Phi) is 4.22. The molecule has 0 saturated heterocycles. The van der Waals surface area contributed by atoms with E-state index in [1.54, 1.807) is 6.92 Å². The molecule has 0 aliphatic carbocycles. The standard InChI is InChI=1S/C11H13F2NO2/c1-2-16-10(14)4-3-7-5-8(12)11(15)9(13)6-7/h5-6,14-15H,2-4H2,1H3. The molecule has 88 valence electrons. The summed E-state index contributed by atoms with van der Waals surface area (Å²) in [6, 6.07) is 2.11. The summed E-state index contributed by atoms with van der Waals surface area (Å²) in [4.78, 5) is 0. The molecule has 5 heteroatoms. The molecule has 16 heavy (non-hydrogen) atoms. The molecule has 1 rings (SSSR count). The zero-order valence-electron chi connectivity index (χ0n) is 8.89. The number of ether oxygens (including phenoxy) is 1. The van der Waals surface area contributed by atoms with Crippen molar-refractivity contribution < 1.29 is 18.6 Å².